The minimum Gasteiger partial charge on any atom is 0 e. The Labute approximate surface area is 197 Å². The second-order valence-corrected chi connectivity index (χ2v) is 23.7. The Morgan fingerprint density at radius 1 is 0.933 bits per heavy atom. The third-order valence-electron chi connectivity index (χ3n) is 5.39. The second kappa shape index (κ2) is 14.7. The molecular formula is C23H33CrNO4Sn. The number of nitrogens with zero attached hydrogens (tertiary/aromatic N) is 1. The largest absolute Gasteiger partial charge is 0 e. The van der Waals surface area contributed by atoms with E-state index in [9.17, 15) is 0 Å². The SMILES string of the molecule is CC(C)(C)N1[C@@H]2CCCC[C@H]2O[C@H]1c1cccc[c]1[Sn]([CH3])([CH3])[CH3].[C-]#[O+].[C-]#[O+].[C-]#[O+].[Cr]. The molecule has 7 heteroatoms. The molecule has 5 nitrogen and oxygen atoms in total. The summed E-state index contributed by atoms with van der Waals surface area (Å²) in [5.41, 5.74) is 1.60. The molecule has 1 aromatic rings. The van der Waals surface area contributed by atoms with Crippen LogP contribution in [0.5, 0.6) is 0 Å². The Morgan fingerprint density at radius 2 is 1.43 bits per heavy atom. The van der Waals surface area contributed by atoms with Gasteiger partial charge in [-0.3, -0.25) is 0 Å². The fourth-order valence-electron chi connectivity index (χ4n) is 4.43. The molecule has 0 radical (unpaired) electrons. The zero-order valence-corrected chi connectivity index (χ0v) is 23.0. The standard InChI is InChI=1S/C17H24NO.3CO.3CH3.Cr.Sn/c1-17(2,3)18-14-11-7-8-12-15(14)19-16(18)13-9-5-4-6-10-13;3*1-2;;;;;/h4-6,9,14-16H,7-8,11-12H2,1-3H3;;;;3*1H3;;/t14-,15-,16+;;;;;;;;/m1......../s1. The van der Waals surface area contributed by atoms with Gasteiger partial charge in [-0.2, -0.15) is 0 Å². The third-order valence-corrected chi connectivity index (χ3v) is 11.3. The van der Waals surface area contributed by atoms with E-state index in [1.807, 2.05) is 0 Å². The number of benzene rings is 1. The van der Waals surface area contributed by atoms with Gasteiger partial charge in [0, 0.05) is 17.4 Å². The van der Waals surface area contributed by atoms with Gasteiger partial charge in [-0.05, 0) is 0 Å². The van der Waals surface area contributed by atoms with Crippen LogP contribution >= 0.6 is 0 Å². The Kier molecular flexibility index (Phi) is 15.6. The summed E-state index contributed by atoms with van der Waals surface area (Å²) in [6.45, 7) is 20.6. The Balaban J connectivity index is 0. The molecule has 30 heavy (non-hydrogen) atoms. The first-order valence-electron chi connectivity index (χ1n) is 9.84. The van der Waals surface area contributed by atoms with Crippen molar-refractivity contribution in [3.63, 3.8) is 0 Å². The van der Waals surface area contributed by atoms with Gasteiger partial charge in [0.2, 0.25) is 0 Å². The fourth-order valence-corrected chi connectivity index (χ4v) is 9.19. The molecule has 0 N–H and O–H groups in total. The van der Waals surface area contributed by atoms with E-state index < -0.39 is 18.4 Å². The molecule has 0 unspecified atom stereocenters. The van der Waals surface area contributed by atoms with Crippen LogP contribution in [0.4, 0.5) is 0 Å². The molecule has 0 bridgehead atoms. The second-order valence-electron chi connectivity index (χ2n) is 9.29. The Morgan fingerprint density at radius 3 is 1.93 bits per heavy atom. The summed E-state index contributed by atoms with van der Waals surface area (Å²) in [6.07, 6.45) is 5.77. The van der Waals surface area contributed by atoms with Gasteiger partial charge in [0.25, 0.3) is 0 Å². The van der Waals surface area contributed by atoms with Crippen LogP contribution in [0, 0.1) is 20.0 Å². The van der Waals surface area contributed by atoms with Crippen LogP contribution in [-0.2, 0) is 36.1 Å². The normalized spacial score (nSPS) is 22.9. The van der Waals surface area contributed by atoms with Crippen LogP contribution < -0.4 is 3.58 Å². The molecule has 0 aromatic heterocycles. The maximum absolute atomic E-state index is 7.50. The summed E-state index contributed by atoms with van der Waals surface area (Å²) >= 11 is -2.17. The number of fused-ring (bicyclic) bond motifs is 1. The summed E-state index contributed by atoms with van der Waals surface area (Å²) in [5, 5.41) is 0. The Hall–Kier alpha value is -0.309. The summed E-state index contributed by atoms with van der Waals surface area (Å²) in [4.78, 5) is 10.2. The van der Waals surface area contributed by atoms with Crippen LogP contribution in [0.3, 0.4) is 0 Å². The molecule has 164 valence electrons. The van der Waals surface area contributed by atoms with E-state index in [0.717, 1.165) is 0 Å². The van der Waals surface area contributed by atoms with E-state index in [2.05, 4.69) is 84.7 Å². The van der Waals surface area contributed by atoms with Gasteiger partial charge in [0.1, 0.15) is 0 Å². The van der Waals surface area contributed by atoms with Crippen LogP contribution in [0.25, 0.3) is 0 Å². The minimum absolute atomic E-state index is 0. The van der Waals surface area contributed by atoms with E-state index in [1.165, 1.54) is 31.2 Å². The van der Waals surface area contributed by atoms with E-state index in [1.54, 1.807) is 3.58 Å². The smallest absolute Gasteiger partial charge is 0 e. The molecule has 3 rings (SSSR count). The maximum Gasteiger partial charge on any atom is 0 e. The molecular weight excluding hydrogens is 525 g/mol. The zero-order chi connectivity index (χ0) is 22.8. The number of rotatable bonds is 2. The van der Waals surface area contributed by atoms with Crippen molar-refractivity contribution in [2.75, 3.05) is 0 Å². The first-order valence-corrected chi connectivity index (χ1v) is 19.8. The van der Waals surface area contributed by atoms with Gasteiger partial charge in [0.15, 0.2) is 0 Å². The summed E-state index contributed by atoms with van der Waals surface area (Å²) < 4.78 is 30.8. The molecule has 1 heterocycles. The van der Waals surface area contributed by atoms with Crippen molar-refractivity contribution in [3.05, 3.63) is 49.8 Å². The quantitative estimate of drug-likeness (QED) is 0.304. The predicted molar refractivity (Wildman–Crippen MR) is 113 cm³/mol. The molecule has 1 saturated carbocycles. The van der Waals surface area contributed by atoms with Crippen LogP contribution in [0.15, 0.2) is 24.3 Å². The summed E-state index contributed by atoms with van der Waals surface area (Å²) in [6, 6.07) is 9.71. The fraction of sp³-hybridized carbons (Fsp3) is 0.609. The van der Waals surface area contributed by atoms with Crippen molar-refractivity contribution in [2.24, 2.45) is 0 Å². The Bertz CT molecular complexity index is 677. The average molecular weight is 558 g/mol. The predicted octanol–water partition coefficient (Wildman–Crippen LogP) is 4.56. The van der Waals surface area contributed by atoms with Crippen molar-refractivity contribution in [1.29, 1.82) is 0 Å². The van der Waals surface area contributed by atoms with Crippen molar-refractivity contribution >= 4 is 22.0 Å². The number of ether oxygens (including phenoxy) is 1. The molecule has 0 amide bonds. The van der Waals surface area contributed by atoms with Crippen molar-refractivity contribution in [2.45, 2.75) is 85.2 Å². The van der Waals surface area contributed by atoms with Gasteiger partial charge in [-0.1, -0.05) is 0 Å². The van der Waals surface area contributed by atoms with E-state index in [4.69, 9.17) is 18.7 Å². The van der Waals surface area contributed by atoms with Crippen molar-refractivity contribution in [1.82, 2.24) is 4.90 Å². The van der Waals surface area contributed by atoms with Crippen molar-refractivity contribution < 1.29 is 36.1 Å². The first-order chi connectivity index (χ1) is 13.7. The molecule has 1 saturated heterocycles. The van der Waals surface area contributed by atoms with E-state index in [0.29, 0.717) is 12.1 Å². The molecule has 2 fully saturated rings. The minimum atomic E-state index is -2.17. The zero-order valence-electron chi connectivity index (χ0n) is 18.9. The third kappa shape index (κ3) is 7.99. The molecule has 1 aliphatic carbocycles. The van der Waals surface area contributed by atoms with Crippen LogP contribution in [0.1, 0.15) is 58.2 Å². The monoisotopic (exact) mass is 559 g/mol. The topological polar surface area (TPSA) is 72.2 Å². The molecule has 0 spiro atoms. The summed E-state index contributed by atoms with van der Waals surface area (Å²) in [5.74, 6) is 0. The maximum atomic E-state index is 7.50. The molecule has 1 aliphatic heterocycles. The van der Waals surface area contributed by atoms with Gasteiger partial charge >= 0.3 is 181 Å². The number of hydrogen-bond acceptors (Lipinski definition) is 2. The number of hydrogen-bond donors (Lipinski definition) is 0. The van der Waals surface area contributed by atoms with Crippen LogP contribution in [0.2, 0.25) is 14.8 Å². The molecule has 1 aromatic carbocycles. The van der Waals surface area contributed by atoms with Gasteiger partial charge < -0.3 is 0 Å². The van der Waals surface area contributed by atoms with Crippen molar-refractivity contribution in [3.8, 4) is 0 Å². The van der Waals surface area contributed by atoms with E-state index >= 15 is 0 Å². The van der Waals surface area contributed by atoms with E-state index in [-0.39, 0.29) is 29.1 Å². The molecule has 3 atom stereocenters. The van der Waals surface area contributed by atoms with Gasteiger partial charge in [-0.15, -0.1) is 0 Å². The first kappa shape index (κ1) is 31.9. The van der Waals surface area contributed by atoms with Crippen LogP contribution in [-0.4, -0.2) is 41.0 Å². The van der Waals surface area contributed by atoms with Gasteiger partial charge in [-0.25, -0.2) is 0 Å². The summed E-state index contributed by atoms with van der Waals surface area (Å²) in [7, 11) is 0. The van der Waals surface area contributed by atoms with Gasteiger partial charge in [0.05, 0.1) is 0 Å². The average Bonchev–Trinajstić information content (AvgIpc) is 3.12. The molecule has 2 aliphatic rings.